The van der Waals surface area contributed by atoms with Crippen molar-refractivity contribution in [3.05, 3.63) is 35.4 Å². The first-order chi connectivity index (χ1) is 11.7. The monoisotopic (exact) mass is 369 g/mol. The summed E-state index contributed by atoms with van der Waals surface area (Å²) in [4.78, 5) is 36.6. The van der Waals surface area contributed by atoms with Crippen molar-refractivity contribution in [3.8, 4) is 0 Å². The summed E-state index contributed by atoms with van der Waals surface area (Å²) in [5, 5.41) is 0. The standard InChI is InChI=1S/C16H19NO7S/c1-17(13-7-8-25(21,22)10-13)14(18)9-24-16(20)12-5-3-11(4-6-12)15(19)23-2/h3-6,13H,7-10H2,1-2H3. The van der Waals surface area contributed by atoms with Crippen LogP contribution in [0, 0.1) is 0 Å². The van der Waals surface area contributed by atoms with E-state index in [2.05, 4.69) is 4.74 Å². The third kappa shape index (κ3) is 4.79. The van der Waals surface area contributed by atoms with Crippen LogP contribution in [0.1, 0.15) is 27.1 Å². The molecule has 2 rings (SSSR count). The molecule has 0 aromatic heterocycles. The van der Waals surface area contributed by atoms with Gasteiger partial charge in [0.25, 0.3) is 5.91 Å². The van der Waals surface area contributed by atoms with E-state index in [-0.39, 0.29) is 22.6 Å². The predicted octanol–water partition coefficient (Wildman–Crippen LogP) is 0.276. The lowest BCUT2D eigenvalue weighted by atomic mass is 10.1. The summed E-state index contributed by atoms with van der Waals surface area (Å²) >= 11 is 0. The normalized spacial score (nSPS) is 18.4. The van der Waals surface area contributed by atoms with Crippen LogP contribution in [-0.2, 0) is 24.1 Å². The van der Waals surface area contributed by atoms with Crippen LogP contribution in [0.15, 0.2) is 24.3 Å². The topological polar surface area (TPSA) is 107 Å². The van der Waals surface area contributed by atoms with Crippen LogP contribution >= 0.6 is 0 Å². The van der Waals surface area contributed by atoms with Gasteiger partial charge in [-0.2, -0.15) is 0 Å². The van der Waals surface area contributed by atoms with Crippen LogP contribution in [0.3, 0.4) is 0 Å². The lowest BCUT2D eigenvalue weighted by Crippen LogP contribution is -2.40. The van der Waals surface area contributed by atoms with Gasteiger partial charge in [0.05, 0.1) is 29.7 Å². The van der Waals surface area contributed by atoms with E-state index in [4.69, 9.17) is 4.74 Å². The number of methoxy groups -OCH3 is 1. The van der Waals surface area contributed by atoms with Gasteiger partial charge in [0.2, 0.25) is 0 Å². The molecule has 0 N–H and O–H groups in total. The molecule has 25 heavy (non-hydrogen) atoms. The molecule has 0 radical (unpaired) electrons. The van der Waals surface area contributed by atoms with Gasteiger partial charge < -0.3 is 14.4 Å². The number of sulfone groups is 1. The molecule has 0 spiro atoms. The van der Waals surface area contributed by atoms with E-state index in [0.717, 1.165) is 0 Å². The van der Waals surface area contributed by atoms with Crippen molar-refractivity contribution in [1.82, 2.24) is 4.90 Å². The number of hydrogen-bond donors (Lipinski definition) is 0. The highest BCUT2D eigenvalue weighted by molar-refractivity contribution is 7.91. The summed E-state index contributed by atoms with van der Waals surface area (Å²) < 4.78 is 32.4. The molecule has 136 valence electrons. The molecular weight excluding hydrogens is 350 g/mol. The second-order valence-corrected chi connectivity index (χ2v) is 7.94. The smallest absolute Gasteiger partial charge is 0.338 e. The van der Waals surface area contributed by atoms with E-state index in [1.165, 1.54) is 43.3 Å². The maximum absolute atomic E-state index is 12.1. The highest BCUT2D eigenvalue weighted by Gasteiger charge is 2.32. The molecule has 1 fully saturated rings. The molecule has 0 aliphatic carbocycles. The Morgan fingerprint density at radius 1 is 1.12 bits per heavy atom. The highest BCUT2D eigenvalue weighted by atomic mass is 32.2. The van der Waals surface area contributed by atoms with Crippen molar-refractivity contribution >= 4 is 27.7 Å². The Morgan fingerprint density at radius 2 is 1.68 bits per heavy atom. The number of hydrogen-bond acceptors (Lipinski definition) is 7. The molecule has 1 unspecified atom stereocenters. The SMILES string of the molecule is COC(=O)c1ccc(C(=O)OCC(=O)N(C)C2CCS(=O)(=O)C2)cc1. The minimum absolute atomic E-state index is 0.0572. The zero-order chi connectivity index (χ0) is 18.6. The number of benzene rings is 1. The number of amides is 1. The van der Waals surface area contributed by atoms with Crippen molar-refractivity contribution in [2.75, 3.05) is 32.3 Å². The molecule has 0 saturated carbocycles. The van der Waals surface area contributed by atoms with Gasteiger partial charge in [0.15, 0.2) is 16.4 Å². The van der Waals surface area contributed by atoms with Crippen LogP contribution < -0.4 is 0 Å². The first kappa shape index (κ1) is 18.9. The second-order valence-electron chi connectivity index (χ2n) is 5.71. The summed E-state index contributed by atoms with van der Waals surface area (Å²) in [6.07, 6.45) is 0.382. The van der Waals surface area contributed by atoms with Gasteiger partial charge in [-0.3, -0.25) is 4.79 Å². The average molecular weight is 369 g/mol. The molecule has 1 aliphatic heterocycles. The van der Waals surface area contributed by atoms with Gasteiger partial charge in [-0.1, -0.05) is 0 Å². The zero-order valence-corrected chi connectivity index (χ0v) is 14.7. The highest BCUT2D eigenvalue weighted by Crippen LogP contribution is 2.16. The number of carbonyl (C=O) groups excluding carboxylic acids is 3. The van der Waals surface area contributed by atoms with Gasteiger partial charge in [-0.05, 0) is 30.7 Å². The third-order valence-electron chi connectivity index (χ3n) is 4.02. The van der Waals surface area contributed by atoms with E-state index >= 15 is 0 Å². The van der Waals surface area contributed by atoms with Crippen molar-refractivity contribution in [1.29, 1.82) is 0 Å². The van der Waals surface area contributed by atoms with Crippen molar-refractivity contribution < 1.29 is 32.3 Å². The number of esters is 2. The first-order valence-electron chi connectivity index (χ1n) is 7.55. The summed E-state index contributed by atoms with van der Waals surface area (Å²) in [5.74, 6) is -1.72. The Labute approximate surface area is 145 Å². The zero-order valence-electron chi connectivity index (χ0n) is 13.9. The lowest BCUT2D eigenvalue weighted by Gasteiger charge is -2.23. The Hall–Kier alpha value is -2.42. The molecular formula is C16H19NO7S. The fraction of sp³-hybridized carbons (Fsp3) is 0.438. The Bertz CT molecular complexity index is 770. The van der Waals surface area contributed by atoms with E-state index in [9.17, 15) is 22.8 Å². The second kappa shape index (κ2) is 7.64. The lowest BCUT2D eigenvalue weighted by molar-refractivity contribution is -0.134. The molecule has 1 aliphatic rings. The van der Waals surface area contributed by atoms with Crippen LogP contribution in [-0.4, -0.2) is 69.5 Å². The van der Waals surface area contributed by atoms with Gasteiger partial charge >= 0.3 is 11.9 Å². The largest absolute Gasteiger partial charge is 0.465 e. The fourth-order valence-electron chi connectivity index (χ4n) is 2.46. The Morgan fingerprint density at radius 3 is 2.16 bits per heavy atom. The number of rotatable bonds is 5. The third-order valence-corrected chi connectivity index (χ3v) is 5.77. The molecule has 1 aromatic rings. The first-order valence-corrected chi connectivity index (χ1v) is 9.37. The van der Waals surface area contributed by atoms with Crippen LogP contribution in [0.4, 0.5) is 0 Å². The van der Waals surface area contributed by atoms with E-state index in [1.807, 2.05) is 0 Å². The van der Waals surface area contributed by atoms with E-state index in [1.54, 1.807) is 0 Å². The van der Waals surface area contributed by atoms with Crippen LogP contribution in [0.2, 0.25) is 0 Å². The molecule has 1 saturated heterocycles. The Kier molecular flexibility index (Phi) is 5.78. The number of likely N-dealkylation sites (N-methyl/N-ethyl adjacent to an activating group) is 1. The van der Waals surface area contributed by atoms with Gasteiger partial charge in [-0.25, -0.2) is 18.0 Å². The van der Waals surface area contributed by atoms with Gasteiger partial charge in [0, 0.05) is 13.1 Å². The molecule has 1 atom stereocenters. The Balaban J connectivity index is 1.89. The summed E-state index contributed by atoms with van der Waals surface area (Å²) in [6, 6.07) is 5.23. The van der Waals surface area contributed by atoms with Crippen LogP contribution in [0.5, 0.6) is 0 Å². The summed E-state index contributed by atoms with van der Waals surface area (Å²) in [5.41, 5.74) is 0.476. The van der Waals surface area contributed by atoms with Crippen LogP contribution in [0.25, 0.3) is 0 Å². The summed E-state index contributed by atoms with van der Waals surface area (Å²) in [7, 11) is -0.356. The van der Waals surface area contributed by atoms with Gasteiger partial charge in [-0.15, -0.1) is 0 Å². The molecule has 1 amide bonds. The van der Waals surface area contributed by atoms with Crippen molar-refractivity contribution in [3.63, 3.8) is 0 Å². The quantitative estimate of drug-likeness (QED) is 0.686. The molecule has 8 nitrogen and oxygen atoms in total. The molecule has 0 bridgehead atoms. The minimum atomic E-state index is -3.10. The number of nitrogens with zero attached hydrogens (tertiary/aromatic N) is 1. The van der Waals surface area contributed by atoms with Crippen molar-refractivity contribution in [2.24, 2.45) is 0 Å². The van der Waals surface area contributed by atoms with E-state index in [0.29, 0.717) is 6.42 Å². The molecule has 1 aromatic carbocycles. The minimum Gasteiger partial charge on any atom is -0.465 e. The molecule has 1 heterocycles. The summed E-state index contributed by atoms with van der Waals surface area (Å²) in [6.45, 7) is -0.482. The maximum Gasteiger partial charge on any atom is 0.338 e. The number of ether oxygens (including phenoxy) is 2. The van der Waals surface area contributed by atoms with Gasteiger partial charge in [0.1, 0.15) is 0 Å². The average Bonchev–Trinajstić information content (AvgIpc) is 2.97. The fourth-order valence-corrected chi connectivity index (χ4v) is 4.23. The van der Waals surface area contributed by atoms with Crippen molar-refractivity contribution in [2.45, 2.75) is 12.5 Å². The maximum atomic E-state index is 12.1. The van der Waals surface area contributed by atoms with E-state index < -0.39 is 40.3 Å². The predicted molar refractivity (Wildman–Crippen MR) is 87.9 cm³/mol. The molecule has 9 heteroatoms. The number of carbonyl (C=O) groups is 3.